The first kappa shape index (κ1) is 11.2. The fraction of sp³-hybridized carbons (Fsp3) is 0.100. The zero-order chi connectivity index (χ0) is 11.9. The van der Waals surface area contributed by atoms with E-state index in [-0.39, 0.29) is 4.88 Å². The number of carbonyl (C=O) groups is 1. The third-order valence-corrected chi connectivity index (χ3v) is 4.19. The van der Waals surface area contributed by atoms with Gasteiger partial charge in [-0.3, -0.25) is 0 Å². The molecule has 0 atom stereocenters. The van der Waals surface area contributed by atoms with Crippen LogP contribution in [0.2, 0.25) is 0 Å². The van der Waals surface area contributed by atoms with E-state index in [1.165, 1.54) is 6.26 Å². The zero-order valence-electron chi connectivity index (χ0n) is 8.28. The maximum absolute atomic E-state index is 10.9. The molecule has 0 bridgehead atoms. The number of nitrogen functional groups attached to an aromatic ring is 1. The lowest BCUT2D eigenvalue weighted by Crippen LogP contribution is -1.97. The van der Waals surface area contributed by atoms with Crippen LogP contribution in [0.25, 0.3) is 10.4 Å². The van der Waals surface area contributed by atoms with Crippen LogP contribution in [0.5, 0.6) is 0 Å². The second kappa shape index (κ2) is 3.95. The van der Waals surface area contributed by atoms with Gasteiger partial charge >= 0.3 is 5.97 Å². The zero-order valence-corrected chi connectivity index (χ0v) is 10.7. The van der Waals surface area contributed by atoms with Crippen molar-refractivity contribution in [2.24, 2.45) is 0 Å². The van der Waals surface area contributed by atoms with E-state index in [1.807, 2.05) is 0 Å². The molecular formula is C10H8BrNO3S. The molecular weight excluding hydrogens is 294 g/mol. The molecule has 2 heterocycles. The summed E-state index contributed by atoms with van der Waals surface area (Å²) in [7, 11) is 0. The number of aromatic carboxylic acids is 1. The first-order chi connectivity index (χ1) is 7.52. The van der Waals surface area contributed by atoms with Crippen LogP contribution >= 0.6 is 27.3 Å². The van der Waals surface area contributed by atoms with Gasteiger partial charge in [-0.25, -0.2) is 4.79 Å². The van der Waals surface area contributed by atoms with E-state index in [0.717, 1.165) is 27.3 Å². The molecule has 2 aromatic rings. The molecule has 0 radical (unpaired) electrons. The molecule has 16 heavy (non-hydrogen) atoms. The second-order valence-electron chi connectivity index (χ2n) is 3.21. The van der Waals surface area contributed by atoms with Crippen LogP contribution in [0.1, 0.15) is 15.2 Å². The molecule has 0 aromatic carbocycles. The first-order valence-electron chi connectivity index (χ1n) is 4.38. The SMILES string of the molecule is Cc1c(-c2ccoc2Br)sc(C(=O)O)c1N. The van der Waals surface area contributed by atoms with Crippen molar-refractivity contribution in [2.75, 3.05) is 5.73 Å². The van der Waals surface area contributed by atoms with Gasteiger partial charge in [-0.15, -0.1) is 11.3 Å². The lowest BCUT2D eigenvalue weighted by atomic mass is 10.1. The minimum atomic E-state index is -1.00. The Balaban J connectivity index is 2.64. The molecule has 0 saturated heterocycles. The summed E-state index contributed by atoms with van der Waals surface area (Å²) in [6.07, 6.45) is 1.54. The molecule has 4 nitrogen and oxygen atoms in total. The van der Waals surface area contributed by atoms with Crippen LogP contribution in [0, 0.1) is 6.92 Å². The number of hydrogen-bond donors (Lipinski definition) is 2. The highest BCUT2D eigenvalue weighted by Gasteiger charge is 2.20. The van der Waals surface area contributed by atoms with Gasteiger partial charge in [0.2, 0.25) is 0 Å². The highest BCUT2D eigenvalue weighted by atomic mass is 79.9. The number of thiophene rings is 1. The van der Waals surface area contributed by atoms with Crippen molar-refractivity contribution >= 4 is 38.9 Å². The highest BCUT2D eigenvalue weighted by molar-refractivity contribution is 9.10. The highest BCUT2D eigenvalue weighted by Crippen LogP contribution is 2.41. The van der Waals surface area contributed by atoms with Gasteiger partial charge in [0, 0.05) is 10.4 Å². The first-order valence-corrected chi connectivity index (χ1v) is 5.98. The van der Waals surface area contributed by atoms with Gasteiger partial charge in [-0.1, -0.05) is 0 Å². The number of halogens is 1. The summed E-state index contributed by atoms with van der Waals surface area (Å²) in [6.45, 7) is 1.80. The van der Waals surface area contributed by atoms with Crippen LogP contribution in [0.3, 0.4) is 0 Å². The molecule has 0 fully saturated rings. The van der Waals surface area contributed by atoms with Crippen molar-refractivity contribution in [3.8, 4) is 10.4 Å². The van der Waals surface area contributed by atoms with Crippen LogP contribution in [-0.2, 0) is 0 Å². The predicted octanol–water partition coefficient (Wildman–Crippen LogP) is 3.36. The summed E-state index contributed by atoms with van der Waals surface area (Å²) in [4.78, 5) is 11.9. The summed E-state index contributed by atoms with van der Waals surface area (Å²) in [5.41, 5.74) is 7.65. The summed E-state index contributed by atoms with van der Waals surface area (Å²) >= 11 is 4.41. The quantitative estimate of drug-likeness (QED) is 0.891. The van der Waals surface area contributed by atoms with Crippen LogP contribution in [0.4, 0.5) is 5.69 Å². The van der Waals surface area contributed by atoms with E-state index in [4.69, 9.17) is 15.3 Å². The number of furan rings is 1. The van der Waals surface area contributed by atoms with Gasteiger partial charge in [0.15, 0.2) is 4.67 Å². The van der Waals surface area contributed by atoms with Crippen molar-refractivity contribution < 1.29 is 14.3 Å². The number of carboxylic acid groups (broad SMARTS) is 1. The fourth-order valence-corrected chi connectivity index (χ4v) is 3.06. The van der Waals surface area contributed by atoms with Gasteiger partial charge in [0.25, 0.3) is 0 Å². The molecule has 0 aliphatic carbocycles. The lowest BCUT2D eigenvalue weighted by Gasteiger charge is -1.96. The third-order valence-electron chi connectivity index (χ3n) is 2.25. The number of rotatable bonds is 2. The number of hydrogen-bond acceptors (Lipinski definition) is 4. The van der Waals surface area contributed by atoms with Crippen molar-refractivity contribution in [1.29, 1.82) is 0 Å². The second-order valence-corrected chi connectivity index (χ2v) is 4.95. The molecule has 0 unspecified atom stereocenters. The van der Waals surface area contributed by atoms with E-state index in [9.17, 15) is 4.79 Å². The Morgan fingerprint density at radius 3 is 2.75 bits per heavy atom. The molecule has 0 aliphatic heterocycles. The minimum absolute atomic E-state index is 0.167. The molecule has 0 amide bonds. The Labute approximate surface area is 104 Å². The Morgan fingerprint density at radius 2 is 2.31 bits per heavy atom. The Bertz CT molecular complexity index is 558. The number of anilines is 1. The maximum atomic E-state index is 10.9. The standard InChI is InChI=1S/C10H8BrNO3S/c1-4-6(12)8(10(13)14)16-7(4)5-2-3-15-9(5)11/h2-3H,12H2,1H3,(H,13,14). The van der Waals surface area contributed by atoms with Crippen LogP contribution < -0.4 is 5.73 Å². The van der Waals surface area contributed by atoms with E-state index in [1.54, 1.807) is 13.0 Å². The largest absolute Gasteiger partial charge is 0.477 e. The molecule has 3 N–H and O–H groups in total. The third kappa shape index (κ3) is 1.64. The molecule has 0 spiro atoms. The average Bonchev–Trinajstić information content (AvgIpc) is 2.74. The Kier molecular flexibility index (Phi) is 2.77. The molecule has 0 aliphatic rings. The van der Waals surface area contributed by atoms with Crippen molar-refractivity contribution in [2.45, 2.75) is 6.92 Å². The molecule has 0 saturated carbocycles. The van der Waals surface area contributed by atoms with Gasteiger partial charge in [0.05, 0.1) is 12.0 Å². The Morgan fingerprint density at radius 1 is 1.62 bits per heavy atom. The molecule has 84 valence electrons. The molecule has 2 aromatic heterocycles. The summed E-state index contributed by atoms with van der Waals surface area (Å²) in [6, 6.07) is 1.77. The molecule has 2 rings (SSSR count). The number of carboxylic acids is 1. The monoisotopic (exact) mass is 301 g/mol. The minimum Gasteiger partial charge on any atom is -0.477 e. The lowest BCUT2D eigenvalue weighted by molar-refractivity contribution is 0.0703. The normalized spacial score (nSPS) is 10.6. The smallest absolute Gasteiger partial charge is 0.348 e. The van der Waals surface area contributed by atoms with Gasteiger partial charge < -0.3 is 15.3 Å². The van der Waals surface area contributed by atoms with Crippen molar-refractivity contribution in [3.63, 3.8) is 0 Å². The molecule has 6 heteroatoms. The van der Waals surface area contributed by atoms with E-state index >= 15 is 0 Å². The summed E-state index contributed by atoms with van der Waals surface area (Å²) in [5, 5.41) is 8.97. The predicted molar refractivity (Wildman–Crippen MR) is 65.8 cm³/mol. The fourth-order valence-electron chi connectivity index (χ4n) is 1.40. The van der Waals surface area contributed by atoms with E-state index in [2.05, 4.69) is 15.9 Å². The summed E-state index contributed by atoms with van der Waals surface area (Å²) in [5.74, 6) is -1.00. The topological polar surface area (TPSA) is 76.5 Å². The van der Waals surface area contributed by atoms with Gasteiger partial charge in [-0.2, -0.15) is 0 Å². The Hall–Kier alpha value is -1.27. The van der Waals surface area contributed by atoms with Crippen LogP contribution in [-0.4, -0.2) is 11.1 Å². The van der Waals surface area contributed by atoms with Gasteiger partial charge in [-0.05, 0) is 34.5 Å². The average molecular weight is 302 g/mol. The van der Waals surface area contributed by atoms with Crippen molar-refractivity contribution in [3.05, 3.63) is 27.4 Å². The van der Waals surface area contributed by atoms with E-state index in [0.29, 0.717) is 10.4 Å². The summed E-state index contributed by atoms with van der Waals surface area (Å²) < 4.78 is 5.70. The maximum Gasteiger partial charge on any atom is 0.348 e. The van der Waals surface area contributed by atoms with Gasteiger partial charge in [0.1, 0.15) is 4.88 Å². The van der Waals surface area contributed by atoms with Crippen LogP contribution in [0.15, 0.2) is 21.4 Å². The van der Waals surface area contributed by atoms with E-state index < -0.39 is 5.97 Å². The van der Waals surface area contributed by atoms with Crippen molar-refractivity contribution in [1.82, 2.24) is 0 Å². The number of nitrogens with two attached hydrogens (primary N) is 1.